The van der Waals surface area contributed by atoms with Gasteiger partial charge in [0.05, 0.1) is 0 Å². The monoisotopic (exact) mass is 229 g/mol. The van der Waals surface area contributed by atoms with Crippen LogP contribution < -0.4 is 0 Å². The Kier molecular flexibility index (Phi) is 3.28. The SMILES string of the molecule is C[Si](C)(C)OC(=O)C1C=CCC1[N+](=O)[O-]. The van der Waals surface area contributed by atoms with Gasteiger partial charge in [0, 0.05) is 11.3 Å². The predicted octanol–water partition coefficient (Wildman–Crippen LogP) is 1.59. The van der Waals surface area contributed by atoms with Gasteiger partial charge in [0.15, 0.2) is 0 Å². The molecule has 6 heteroatoms. The maximum absolute atomic E-state index is 11.6. The highest BCUT2D eigenvalue weighted by Crippen LogP contribution is 2.23. The van der Waals surface area contributed by atoms with Crippen molar-refractivity contribution in [1.29, 1.82) is 0 Å². The highest BCUT2D eigenvalue weighted by molar-refractivity contribution is 6.71. The molecule has 0 aliphatic heterocycles. The highest BCUT2D eigenvalue weighted by atomic mass is 28.4. The smallest absolute Gasteiger partial charge is 0.306 e. The van der Waals surface area contributed by atoms with Crippen LogP contribution in [-0.4, -0.2) is 25.3 Å². The van der Waals surface area contributed by atoms with Gasteiger partial charge in [-0.3, -0.25) is 14.9 Å². The molecular formula is C9H15NO4Si. The molecule has 5 nitrogen and oxygen atoms in total. The van der Waals surface area contributed by atoms with Gasteiger partial charge in [-0.05, 0) is 19.6 Å². The molecule has 1 rings (SSSR count). The van der Waals surface area contributed by atoms with Crippen LogP contribution in [0.25, 0.3) is 0 Å². The average Bonchev–Trinajstić information content (AvgIpc) is 2.47. The largest absolute Gasteiger partial charge is 0.519 e. The summed E-state index contributed by atoms with van der Waals surface area (Å²) >= 11 is 0. The third-order valence-corrected chi connectivity index (χ3v) is 2.90. The third-order valence-electron chi connectivity index (χ3n) is 2.09. The summed E-state index contributed by atoms with van der Waals surface area (Å²) in [5, 5.41) is 10.7. The Bertz CT molecular complexity index is 308. The van der Waals surface area contributed by atoms with Crippen molar-refractivity contribution in [3.63, 3.8) is 0 Å². The van der Waals surface area contributed by atoms with Gasteiger partial charge in [0.25, 0.3) is 0 Å². The van der Waals surface area contributed by atoms with E-state index in [0.717, 1.165) is 0 Å². The van der Waals surface area contributed by atoms with E-state index in [1.807, 2.05) is 19.6 Å². The van der Waals surface area contributed by atoms with Crippen LogP contribution in [0.15, 0.2) is 12.2 Å². The van der Waals surface area contributed by atoms with Gasteiger partial charge < -0.3 is 4.43 Å². The van der Waals surface area contributed by atoms with Crippen molar-refractivity contribution in [2.45, 2.75) is 32.1 Å². The van der Waals surface area contributed by atoms with Crippen LogP contribution in [0.5, 0.6) is 0 Å². The fraction of sp³-hybridized carbons (Fsp3) is 0.667. The lowest BCUT2D eigenvalue weighted by Gasteiger charge is -2.20. The van der Waals surface area contributed by atoms with Crippen LogP contribution in [0.1, 0.15) is 6.42 Å². The summed E-state index contributed by atoms with van der Waals surface area (Å²) in [6.07, 6.45) is 3.57. The molecule has 0 amide bonds. The van der Waals surface area contributed by atoms with Crippen LogP contribution >= 0.6 is 0 Å². The molecule has 0 saturated heterocycles. The molecule has 1 aliphatic rings. The molecule has 2 unspecified atom stereocenters. The number of nitro groups is 1. The van der Waals surface area contributed by atoms with E-state index in [4.69, 9.17) is 4.43 Å². The maximum Gasteiger partial charge on any atom is 0.306 e. The van der Waals surface area contributed by atoms with E-state index >= 15 is 0 Å². The molecule has 0 aromatic carbocycles. The lowest BCUT2D eigenvalue weighted by molar-refractivity contribution is -0.524. The van der Waals surface area contributed by atoms with Crippen molar-refractivity contribution in [1.82, 2.24) is 0 Å². The van der Waals surface area contributed by atoms with Crippen molar-refractivity contribution in [2.75, 3.05) is 0 Å². The van der Waals surface area contributed by atoms with Crippen molar-refractivity contribution >= 4 is 14.3 Å². The molecule has 0 fully saturated rings. The number of carbonyl (C=O) groups is 1. The lowest BCUT2D eigenvalue weighted by atomic mass is 10.1. The van der Waals surface area contributed by atoms with Crippen LogP contribution in [0.3, 0.4) is 0 Å². The van der Waals surface area contributed by atoms with E-state index in [0.29, 0.717) is 6.42 Å². The molecule has 0 aromatic heterocycles. The number of hydrogen-bond acceptors (Lipinski definition) is 4. The molecule has 0 spiro atoms. The first-order valence-corrected chi connectivity index (χ1v) is 8.25. The first kappa shape index (κ1) is 11.9. The molecule has 0 N–H and O–H groups in total. The second-order valence-corrected chi connectivity index (χ2v) is 9.00. The first-order valence-electron chi connectivity index (χ1n) is 4.84. The molecule has 0 saturated carbocycles. The Morgan fingerprint density at radius 1 is 1.53 bits per heavy atom. The Morgan fingerprint density at radius 3 is 2.60 bits per heavy atom. The van der Waals surface area contributed by atoms with Gasteiger partial charge in [-0.2, -0.15) is 0 Å². The van der Waals surface area contributed by atoms with E-state index in [9.17, 15) is 14.9 Å². The van der Waals surface area contributed by atoms with E-state index in [2.05, 4.69) is 0 Å². The van der Waals surface area contributed by atoms with E-state index in [1.54, 1.807) is 12.2 Å². The molecule has 0 radical (unpaired) electrons. The number of carbonyl (C=O) groups excluding carboxylic acids is 1. The van der Waals surface area contributed by atoms with E-state index in [-0.39, 0.29) is 0 Å². The van der Waals surface area contributed by atoms with Crippen LogP contribution in [0, 0.1) is 16.0 Å². The van der Waals surface area contributed by atoms with Gasteiger partial charge >= 0.3 is 5.97 Å². The Balaban J connectivity index is 2.67. The first-order chi connectivity index (χ1) is 6.81. The van der Waals surface area contributed by atoms with Gasteiger partial charge in [-0.25, -0.2) is 0 Å². The van der Waals surface area contributed by atoms with Crippen molar-refractivity contribution in [3.05, 3.63) is 22.3 Å². The lowest BCUT2D eigenvalue weighted by Crippen LogP contribution is -2.37. The summed E-state index contributed by atoms with van der Waals surface area (Å²) in [5.74, 6) is -1.16. The topological polar surface area (TPSA) is 69.4 Å². The van der Waals surface area contributed by atoms with Gasteiger partial charge in [0.2, 0.25) is 14.4 Å². The van der Waals surface area contributed by atoms with E-state index < -0.39 is 31.2 Å². The molecule has 0 bridgehead atoms. The van der Waals surface area contributed by atoms with Crippen molar-refractivity contribution in [3.8, 4) is 0 Å². The molecule has 0 heterocycles. The quantitative estimate of drug-likeness (QED) is 0.319. The Hall–Kier alpha value is -1.17. The van der Waals surface area contributed by atoms with Crippen LogP contribution in [0.4, 0.5) is 0 Å². The van der Waals surface area contributed by atoms with Gasteiger partial charge in [0.1, 0.15) is 5.92 Å². The molecule has 1 aliphatic carbocycles. The minimum atomic E-state index is -1.96. The summed E-state index contributed by atoms with van der Waals surface area (Å²) in [7, 11) is -1.96. The maximum atomic E-state index is 11.6. The highest BCUT2D eigenvalue weighted by Gasteiger charge is 2.40. The number of rotatable bonds is 3. The van der Waals surface area contributed by atoms with Crippen molar-refractivity contribution in [2.24, 2.45) is 5.92 Å². The predicted molar refractivity (Wildman–Crippen MR) is 57.5 cm³/mol. The summed E-state index contributed by atoms with van der Waals surface area (Å²) in [6, 6.07) is -0.839. The molecule has 84 valence electrons. The van der Waals surface area contributed by atoms with Gasteiger partial charge in [-0.1, -0.05) is 12.2 Å². The normalized spacial score (nSPS) is 25.3. The average molecular weight is 229 g/mol. The summed E-state index contributed by atoms with van der Waals surface area (Å²) in [4.78, 5) is 21.9. The standard InChI is InChI=1S/C9H15NO4Si/c1-15(2,3)14-9(11)7-5-4-6-8(7)10(12)13/h4-5,7-8H,6H2,1-3H3. The number of nitrogens with zero attached hydrogens (tertiary/aromatic N) is 1. The molecule has 0 aromatic rings. The summed E-state index contributed by atoms with van der Waals surface area (Å²) < 4.78 is 5.25. The fourth-order valence-electron chi connectivity index (χ4n) is 1.46. The summed E-state index contributed by atoms with van der Waals surface area (Å²) in [5.41, 5.74) is 0. The molecule has 15 heavy (non-hydrogen) atoms. The minimum Gasteiger partial charge on any atom is -0.519 e. The molecule has 2 atom stereocenters. The van der Waals surface area contributed by atoms with Gasteiger partial charge in [-0.15, -0.1) is 0 Å². The second kappa shape index (κ2) is 4.14. The molecular weight excluding hydrogens is 214 g/mol. The van der Waals surface area contributed by atoms with Crippen LogP contribution in [-0.2, 0) is 9.22 Å². The van der Waals surface area contributed by atoms with E-state index in [1.165, 1.54) is 0 Å². The Morgan fingerprint density at radius 2 is 2.13 bits per heavy atom. The zero-order chi connectivity index (χ0) is 11.6. The summed E-state index contributed by atoms with van der Waals surface area (Å²) in [6.45, 7) is 5.64. The van der Waals surface area contributed by atoms with Crippen LogP contribution in [0.2, 0.25) is 19.6 Å². The Labute approximate surface area is 89.4 Å². The minimum absolute atomic E-state index is 0.318. The third kappa shape index (κ3) is 3.16. The fourth-order valence-corrected chi connectivity index (χ4v) is 2.20. The second-order valence-electron chi connectivity index (χ2n) is 4.58. The number of hydrogen-bond donors (Lipinski definition) is 0. The zero-order valence-corrected chi connectivity index (χ0v) is 10.1. The van der Waals surface area contributed by atoms with Crippen molar-refractivity contribution < 1.29 is 14.1 Å². The zero-order valence-electron chi connectivity index (χ0n) is 9.10.